The number of carbonyl (C=O) groups is 1. The zero-order chi connectivity index (χ0) is 13.8. The van der Waals surface area contributed by atoms with Crippen LogP contribution in [0.2, 0.25) is 0 Å². The Morgan fingerprint density at radius 1 is 1.63 bits per heavy atom. The fraction of sp³-hybridized carbons (Fsp3) is 0.500. The second-order valence-electron chi connectivity index (χ2n) is 4.49. The van der Waals surface area contributed by atoms with Gasteiger partial charge in [-0.3, -0.25) is 4.79 Å². The van der Waals surface area contributed by atoms with E-state index in [1.165, 1.54) is 11.3 Å². The van der Waals surface area contributed by atoms with Crippen LogP contribution in [-0.4, -0.2) is 30.1 Å². The zero-order valence-electron chi connectivity index (χ0n) is 10.6. The van der Waals surface area contributed by atoms with Gasteiger partial charge in [-0.05, 0) is 12.8 Å². The summed E-state index contributed by atoms with van der Waals surface area (Å²) in [4.78, 5) is 12.7. The molecule has 0 radical (unpaired) electrons. The van der Waals surface area contributed by atoms with Crippen molar-refractivity contribution >= 4 is 23.1 Å². The largest absolute Gasteiger partial charge is 0.496 e. The molecule has 0 saturated heterocycles. The topological polar surface area (TPSA) is 96.9 Å². The number of methoxy groups -OCH3 is 1. The van der Waals surface area contributed by atoms with Gasteiger partial charge in [-0.1, -0.05) is 11.6 Å². The smallest absolute Gasteiger partial charge is 0.261 e. The highest BCUT2D eigenvalue weighted by atomic mass is 32.1. The third-order valence-electron chi connectivity index (χ3n) is 3.36. The molecule has 0 bridgehead atoms. The number of hydrogen-bond donors (Lipinski definition) is 3. The second kappa shape index (κ2) is 5.92. The summed E-state index contributed by atoms with van der Waals surface area (Å²) in [6.07, 6.45) is 2.63. The number of carbonyl (C=O) groups excluding carboxylic acids is 1. The molecule has 7 heteroatoms. The van der Waals surface area contributed by atoms with E-state index in [1.807, 2.05) is 0 Å². The Labute approximate surface area is 115 Å². The molecule has 1 aliphatic carbocycles. The van der Waals surface area contributed by atoms with Crippen molar-refractivity contribution in [1.82, 2.24) is 5.32 Å². The highest BCUT2D eigenvalue weighted by Gasteiger charge is 2.32. The average Bonchev–Trinajstić information content (AvgIpc) is 3.06. The molecule has 0 aliphatic heterocycles. The lowest BCUT2D eigenvalue weighted by Gasteiger charge is -2.19. The normalized spacial score (nSPS) is 23.3. The summed E-state index contributed by atoms with van der Waals surface area (Å²) in [5, 5.41) is 16.5. The highest BCUT2D eigenvalue weighted by molar-refractivity contribution is 7.12. The Morgan fingerprint density at radius 3 is 3.05 bits per heavy atom. The predicted molar refractivity (Wildman–Crippen MR) is 72.9 cm³/mol. The van der Waals surface area contributed by atoms with Crippen LogP contribution in [0.1, 0.15) is 28.9 Å². The van der Waals surface area contributed by atoms with Crippen molar-refractivity contribution in [3.05, 3.63) is 16.3 Å². The number of hydrogen-bond acceptors (Lipinski definition) is 5. The quantitative estimate of drug-likeness (QED) is 0.337. The van der Waals surface area contributed by atoms with Gasteiger partial charge in [0.05, 0.1) is 12.0 Å². The van der Waals surface area contributed by atoms with Crippen LogP contribution in [0.4, 0.5) is 0 Å². The van der Waals surface area contributed by atoms with Crippen molar-refractivity contribution in [3.63, 3.8) is 0 Å². The van der Waals surface area contributed by atoms with E-state index in [1.54, 1.807) is 18.6 Å². The molecule has 104 valence electrons. The second-order valence-corrected chi connectivity index (χ2v) is 5.40. The highest BCUT2D eigenvalue weighted by Crippen LogP contribution is 2.27. The summed E-state index contributed by atoms with van der Waals surface area (Å²) in [5.74, 6) is 0.632. The van der Waals surface area contributed by atoms with Crippen molar-refractivity contribution in [1.29, 1.82) is 0 Å². The van der Waals surface area contributed by atoms with Crippen LogP contribution < -0.4 is 15.8 Å². The van der Waals surface area contributed by atoms with Gasteiger partial charge < -0.3 is 21.0 Å². The molecule has 1 heterocycles. The minimum absolute atomic E-state index is 0.0727. The molecule has 1 aromatic heterocycles. The molecule has 1 aliphatic rings. The van der Waals surface area contributed by atoms with Crippen molar-refractivity contribution in [2.75, 3.05) is 7.11 Å². The van der Waals surface area contributed by atoms with Gasteiger partial charge in [-0.25, -0.2) is 0 Å². The van der Waals surface area contributed by atoms with Gasteiger partial charge >= 0.3 is 0 Å². The number of rotatable bonds is 4. The van der Waals surface area contributed by atoms with E-state index < -0.39 is 0 Å². The molecule has 2 atom stereocenters. The number of amides is 1. The van der Waals surface area contributed by atoms with Crippen LogP contribution in [0, 0.1) is 5.92 Å². The maximum absolute atomic E-state index is 12.1. The van der Waals surface area contributed by atoms with Gasteiger partial charge in [0.1, 0.15) is 11.6 Å². The van der Waals surface area contributed by atoms with Gasteiger partial charge in [-0.2, -0.15) is 0 Å². The van der Waals surface area contributed by atoms with Gasteiger partial charge in [0, 0.05) is 23.4 Å². The Kier molecular flexibility index (Phi) is 4.26. The minimum atomic E-state index is -0.143. The molecule has 0 aromatic carbocycles. The van der Waals surface area contributed by atoms with Crippen LogP contribution in [0.3, 0.4) is 0 Å². The summed E-state index contributed by atoms with van der Waals surface area (Å²) < 4.78 is 5.05. The Balaban J connectivity index is 2.02. The standard InChI is InChI=1S/C12H17N3O3S/c1-18-7-5-10(19-6-7)12(16)14-9-4-2-3-8(9)11(13)15-17/h5-6,8-9,17H,2-4H2,1H3,(H2,13,15)(H,14,16). The fourth-order valence-electron chi connectivity index (χ4n) is 2.35. The first-order chi connectivity index (χ1) is 9.15. The summed E-state index contributed by atoms with van der Waals surface area (Å²) in [5.41, 5.74) is 5.64. The van der Waals surface area contributed by atoms with Crippen LogP contribution in [0.25, 0.3) is 0 Å². The number of amidine groups is 1. The molecule has 1 fully saturated rings. The van der Waals surface area contributed by atoms with Crippen molar-refractivity contribution in [2.45, 2.75) is 25.3 Å². The first-order valence-electron chi connectivity index (χ1n) is 6.06. The van der Waals surface area contributed by atoms with Gasteiger partial charge in [0.2, 0.25) is 0 Å². The molecule has 0 spiro atoms. The molecule has 1 saturated carbocycles. The van der Waals surface area contributed by atoms with E-state index in [-0.39, 0.29) is 23.7 Å². The fourth-order valence-corrected chi connectivity index (χ4v) is 3.10. The minimum Gasteiger partial charge on any atom is -0.496 e. The predicted octanol–water partition coefficient (Wildman–Crippen LogP) is 1.40. The zero-order valence-corrected chi connectivity index (χ0v) is 11.4. The first-order valence-corrected chi connectivity index (χ1v) is 6.94. The van der Waals surface area contributed by atoms with E-state index in [2.05, 4.69) is 10.5 Å². The lowest BCUT2D eigenvalue weighted by Crippen LogP contribution is -2.42. The van der Waals surface area contributed by atoms with Crippen molar-refractivity contribution in [2.24, 2.45) is 16.8 Å². The Morgan fingerprint density at radius 2 is 2.42 bits per heavy atom. The molecule has 1 aromatic rings. The number of ether oxygens (including phenoxy) is 1. The van der Waals surface area contributed by atoms with Crippen LogP contribution >= 0.6 is 11.3 Å². The number of oxime groups is 1. The third-order valence-corrected chi connectivity index (χ3v) is 4.27. The van der Waals surface area contributed by atoms with E-state index in [9.17, 15) is 4.79 Å². The van der Waals surface area contributed by atoms with Crippen molar-refractivity contribution in [3.8, 4) is 5.75 Å². The number of nitrogens with two attached hydrogens (primary N) is 1. The van der Waals surface area contributed by atoms with E-state index >= 15 is 0 Å². The van der Waals surface area contributed by atoms with E-state index in [0.29, 0.717) is 10.6 Å². The number of nitrogens with zero attached hydrogens (tertiary/aromatic N) is 1. The monoisotopic (exact) mass is 283 g/mol. The number of thiophene rings is 1. The summed E-state index contributed by atoms with van der Waals surface area (Å²) in [7, 11) is 1.56. The summed E-state index contributed by atoms with van der Waals surface area (Å²) >= 11 is 1.33. The SMILES string of the molecule is COc1csc(C(=O)NC2CCCC2C(N)=NO)c1. The van der Waals surface area contributed by atoms with Crippen LogP contribution in [0.15, 0.2) is 16.6 Å². The van der Waals surface area contributed by atoms with Crippen molar-refractivity contribution < 1.29 is 14.7 Å². The van der Waals surface area contributed by atoms with Gasteiger partial charge in [-0.15, -0.1) is 11.3 Å². The maximum atomic E-state index is 12.1. The molecule has 6 nitrogen and oxygen atoms in total. The van der Waals surface area contributed by atoms with Crippen LogP contribution in [0.5, 0.6) is 5.75 Å². The molecular formula is C12H17N3O3S. The molecule has 2 rings (SSSR count). The van der Waals surface area contributed by atoms with Crippen LogP contribution in [-0.2, 0) is 0 Å². The molecular weight excluding hydrogens is 266 g/mol. The Hall–Kier alpha value is -1.76. The molecule has 2 unspecified atom stereocenters. The molecule has 1 amide bonds. The Bertz CT molecular complexity index is 486. The lowest BCUT2D eigenvalue weighted by atomic mass is 10.0. The maximum Gasteiger partial charge on any atom is 0.261 e. The lowest BCUT2D eigenvalue weighted by molar-refractivity contribution is 0.0937. The first kappa shape index (κ1) is 13.7. The summed E-state index contributed by atoms with van der Waals surface area (Å²) in [6, 6.07) is 1.63. The van der Waals surface area contributed by atoms with E-state index in [4.69, 9.17) is 15.7 Å². The molecule has 4 N–H and O–H groups in total. The third kappa shape index (κ3) is 2.98. The molecule has 19 heavy (non-hydrogen) atoms. The van der Waals surface area contributed by atoms with Gasteiger partial charge in [0.25, 0.3) is 5.91 Å². The average molecular weight is 283 g/mol. The van der Waals surface area contributed by atoms with Gasteiger partial charge in [0.15, 0.2) is 0 Å². The van der Waals surface area contributed by atoms with E-state index in [0.717, 1.165) is 19.3 Å². The summed E-state index contributed by atoms with van der Waals surface area (Å²) in [6.45, 7) is 0. The number of nitrogens with one attached hydrogen (secondary N) is 1.